The molecule has 0 rings (SSSR count). The van der Waals surface area contributed by atoms with E-state index in [4.69, 9.17) is 5.11 Å². The zero-order chi connectivity index (χ0) is 9.98. The fourth-order valence-corrected chi connectivity index (χ4v) is 0.388. The van der Waals surface area contributed by atoms with E-state index in [1.54, 1.807) is 0 Å². The average Bonchev–Trinajstić information content (AvgIpc) is 1.87. The molecule has 0 spiro atoms. The van der Waals surface area contributed by atoms with Gasteiger partial charge in [-0.15, -0.1) is 0 Å². The number of carboxylic acids is 1. The Bertz CT molecular complexity index is 121. The molecule has 0 aliphatic rings. The lowest BCUT2D eigenvalue weighted by Gasteiger charge is -1.88. The Balaban J connectivity index is 0. The summed E-state index contributed by atoms with van der Waals surface area (Å²) in [5.74, 6) is -0.711. The van der Waals surface area contributed by atoms with Crippen LogP contribution >= 0.6 is 0 Å². The third-order valence-electron chi connectivity index (χ3n) is 0.815. The van der Waals surface area contributed by atoms with Gasteiger partial charge < -0.3 is 16.2 Å². The number of hydrogen-bond donors (Lipinski definition) is 3. The van der Waals surface area contributed by atoms with Crippen molar-refractivity contribution in [3.8, 4) is 0 Å². The second-order valence-corrected chi connectivity index (χ2v) is 2.04. The molecule has 0 aromatic carbocycles. The van der Waals surface area contributed by atoms with Crippen molar-refractivity contribution in [2.24, 2.45) is 5.73 Å². The van der Waals surface area contributed by atoms with E-state index < -0.39 is 12.0 Å². The normalized spacial score (nSPS) is 7.83. The van der Waals surface area contributed by atoms with Crippen molar-refractivity contribution in [2.45, 2.75) is 26.7 Å². The van der Waals surface area contributed by atoms with Crippen molar-refractivity contribution in [1.29, 1.82) is 0 Å². The first-order chi connectivity index (χ1) is 5.54. The number of carbonyl (C=O) groups is 2. The summed E-state index contributed by atoms with van der Waals surface area (Å²) in [5, 5.41) is 10.3. The van der Waals surface area contributed by atoms with Crippen LogP contribution < -0.4 is 11.1 Å². The highest BCUT2D eigenvalue weighted by Gasteiger charge is 1.87. The van der Waals surface area contributed by atoms with Crippen LogP contribution in [0.15, 0.2) is 0 Å². The number of nitrogens with two attached hydrogens (primary N) is 1. The number of carboxylic acid groups (broad SMARTS) is 1. The van der Waals surface area contributed by atoms with Gasteiger partial charge in [0.2, 0.25) is 0 Å². The molecule has 0 fully saturated rings. The van der Waals surface area contributed by atoms with Crippen LogP contribution in [0.2, 0.25) is 0 Å². The molecule has 0 unspecified atom stereocenters. The molecule has 72 valence electrons. The van der Waals surface area contributed by atoms with Crippen LogP contribution in [0.3, 0.4) is 0 Å². The molecule has 0 aliphatic carbocycles. The number of amides is 2. The first-order valence-electron chi connectivity index (χ1n) is 3.79. The molecule has 0 bridgehead atoms. The second kappa shape index (κ2) is 9.74. The van der Waals surface area contributed by atoms with Gasteiger partial charge in [0.05, 0.1) is 0 Å². The van der Waals surface area contributed by atoms with Gasteiger partial charge >= 0.3 is 12.0 Å². The number of rotatable bonds is 3. The topological polar surface area (TPSA) is 92.4 Å². The van der Waals surface area contributed by atoms with Crippen molar-refractivity contribution in [1.82, 2.24) is 5.32 Å². The molecular formula is C7H16N2O3. The van der Waals surface area contributed by atoms with E-state index in [1.165, 1.54) is 0 Å². The molecule has 2 amide bonds. The minimum atomic E-state index is -0.711. The maximum atomic E-state index is 9.71. The number of urea groups is 1. The summed E-state index contributed by atoms with van der Waals surface area (Å²) in [6, 6.07) is -0.461. The Morgan fingerprint density at radius 1 is 1.42 bits per heavy atom. The Morgan fingerprint density at radius 2 is 1.92 bits per heavy atom. The molecule has 12 heavy (non-hydrogen) atoms. The van der Waals surface area contributed by atoms with Gasteiger partial charge in [0.25, 0.3) is 0 Å². The molecule has 0 atom stereocenters. The molecule has 0 aliphatic heterocycles. The van der Waals surface area contributed by atoms with E-state index in [1.807, 2.05) is 13.8 Å². The molecule has 5 nitrogen and oxygen atoms in total. The third-order valence-corrected chi connectivity index (χ3v) is 0.815. The molecule has 0 aromatic heterocycles. The highest BCUT2D eigenvalue weighted by molar-refractivity contribution is 5.71. The number of hydrogen-bond acceptors (Lipinski definition) is 2. The highest BCUT2D eigenvalue weighted by Crippen LogP contribution is 1.82. The molecule has 5 heteroatoms. The minimum absolute atomic E-state index is 0.292. The lowest BCUT2D eigenvalue weighted by Crippen LogP contribution is -2.28. The van der Waals surface area contributed by atoms with Crippen molar-refractivity contribution >= 4 is 12.0 Å². The van der Waals surface area contributed by atoms with Crippen LogP contribution in [-0.4, -0.2) is 23.7 Å². The van der Waals surface area contributed by atoms with E-state index in [0.717, 1.165) is 6.42 Å². The fraction of sp³-hybridized carbons (Fsp3) is 0.714. The van der Waals surface area contributed by atoms with Crippen LogP contribution in [0.5, 0.6) is 0 Å². The Labute approximate surface area is 71.9 Å². The predicted octanol–water partition coefficient (Wildman–Crippen LogP) is 0.546. The second-order valence-electron chi connectivity index (χ2n) is 2.04. The third kappa shape index (κ3) is 23.3. The summed E-state index contributed by atoms with van der Waals surface area (Å²) in [7, 11) is 0. The Hall–Kier alpha value is -1.26. The van der Waals surface area contributed by atoms with Crippen molar-refractivity contribution < 1.29 is 14.7 Å². The zero-order valence-electron chi connectivity index (χ0n) is 7.46. The smallest absolute Gasteiger partial charge is 0.312 e. The van der Waals surface area contributed by atoms with Gasteiger partial charge in [0.1, 0.15) is 0 Å². The van der Waals surface area contributed by atoms with Gasteiger partial charge in [-0.2, -0.15) is 0 Å². The lowest BCUT2D eigenvalue weighted by molar-refractivity contribution is -0.137. The molecular weight excluding hydrogens is 160 g/mol. The highest BCUT2D eigenvalue weighted by atomic mass is 16.4. The number of nitrogens with one attached hydrogen (secondary N) is 1. The maximum absolute atomic E-state index is 9.71. The van der Waals surface area contributed by atoms with Crippen molar-refractivity contribution in [3.05, 3.63) is 0 Å². The van der Waals surface area contributed by atoms with Crippen molar-refractivity contribution in [3.63, 3.8) is 0 Å². The van der Waals surface area contributed by atoms with Gasteiger partial charge in [-0.25, -0.2) is 4.79 Å². The number of carbonyl (C=O) groups excluding carboxylic acids is 1. The van der Waals surface area contributed by atoms with Gasteiger partial charge in [-0.1, -0.05) is 6.92 Å². The molecule has 0 saturated carbocycles. The average molecular weight is 176 g/mol. The monoisotopic (exact) mass is 176 g/mol. The van der Waals surface area contributed by atoms with Crippen LogP contribution in [0.1, 0.15) is 26.7 Å². The predicted molar refractivity (Wildman–Crippen MR) is 45.8 cm³/mol. The summed E-state index contributed by atoms with van der Waals surface area (Å²) >= 11 is 0. The first kappa shape index (κ1) is 13.3. The largest absolute Gasteiger partial charge is 0.481 e. The number of primary amides is 1. The van der Waals surface area contributed by atoms with Gasteiger partial charge in [0, 0.05) is 13.0 Å². The molecule has 0 aromatic rings. The van der Waals surface area contributed by atoms with E-state index in [0.29, 0.717) is 13.0 Å². The Morgan fingerprint density at radius 3 is 1.92 bits per heavy atom. The summed E-state index contributed by atoms with van der Waals surface area (Å²) in [6.45, 7) is 4.26. The van der Waals surface area contributed by atoms with E-state index in [9.17, 15) is 9.59 Å². The molecule has 0 heterocycles. The standard InChI is InChI=1S/C4H8O2.C3H8N2O/c1-2-3-4(5)6;1-2-5-3(4)6/h2-3H2,1H3,(H,5,6);2H2,1H3,(H3,4,5,6). The minimum Gasteiger partial charge on any atom is -0.481 e. The molecule has 4 N–H and O–H groups in total. The van der Waals surface area contributed by atoms with E-state index in [2.05, 4.69) is 11.1 Å². The molecule has 0 saturated heterocycles. The molecule has 0 radical (unpaired) electrons. The Kier molecular flexibility index (Phi) is 10.8. The van der Waals surface area contributed by atoms with Crippen LogP contribution in [0.25, 0.3) is 0 Å². The lowest BCUT2D eigenvalue weighted by atomic mass is 10.4. The fourth-order valence-electron chi connectivity index (χ4n) is 0.388. The SMILES string of the molecule is CCCC(=O)O.CCNC(N)=O. The first-order valence-corrected chi connectivity index (χ1v) is 3.79. The number of aliphatic carboxylic acids is 1. The van der Waals surface area contributed by atoms with Gasteiger partial charge in [0.15, 0.2) is 0 Å². The summed E-state index contributed by atoms with van der Waals surface area (Å²) < 4.78 is 0. The van der Waals surface area contributed by atoms with E-state index >= 15 is 0 Å². The quantitative estimate of drug-likeness (QED) is 0.586. The zero-order valence-corrected chi connectivity index (χ0v) is 7.46. The van der Waals surface area contributed by atoms with Crippen LogP contribution in [0.4, 0.5) is 4.79 Å². The van der Waals surface area contributed by atoms with E-state index in [-0.39, 0.29) is 0 Å². The summed E-state index contributed by atoms with van der Waals surface area (Å²) in [6.07, 6.45) is 1.02. The maximum Gasteiger partial charge on any atom is 0.312 e. The van der Waals surface area contributed by atoms with Gasteiger partial charge in [-0.3, -0.25) is 4.79 Å². The van der Waals surface area contributed by atoms with Crippen LogP contribution in [0, 0.1) is 0 Å². The summed E-state index contributed by atoms with van der Waals surface area (Å²) in [4.78, 5) is 19.3. The van der Waals surface area contributed by atoms with Crippen molar-refractivity contribution in [2.75, 3.05) is 6.54 Å². The summed E-state index contributed by atoms with van der Waals surface area (Å²) in [5.41, 5.74) is 4.65. The van der Waals surface area contributed by atoms with Gasteiger partial charge in [-0.05, 0) is 13.3 Å². The van der Waals surface area contributed by atoms with Crippen LogP contribution in [-0.2, 0) is 4.79 Å².